The van der Waals surface area contributed by atoms with Crippen molar-refractivity contribution < 1.29 is 4.74 Å². The SMILES string of the molecule is CCN=C(CC(=N)C(=N)C1=CC(c2cccc(C#N)c2)CCC1=N)N1CCOCC1. The third-order valence-electron chi connectivity index (χ3n) is 5.46. The lowest BCUT2D eigenvalue weighted by Crippen LogP contribution is -2.42. The van der Waals surface area contributed by atoms with Crippen molar-refractivity contribution >= 4 is 23.0 Å². The molecule has 7 heteroatoms. The fourth-order valence-electron chi connectivity index (χ4n) is 3.84. The molecule has 1 saturated heterocycles. The van der Waals surface area contributed by atoms with E-state index >= 15 is 0 Å². The van der Waals surface area contributed by atoms with Gasteiger partial charge in [0.25, 0.3) is 0 Å². The largest absolute Gasteiger partial charge is 0.378 e. The van der Waals surface area contributed by atoms with Crippen molar-refractivity contribution in [1.82, 2.24) is 4.90 Å². The minimum Gasteiger partial charge on any atom is -0.378 e. The molecule has 156 valence electrons. The number of hydrogen-bond acceptors (Lipinski definition) is 6. The Morgan fingerprint density at radius 2 is 2.07 bits per heavy atom. The summed E-state index contributed by atoms with van der Waals surface area (Å²) < 4.78 is 5.41. The van der Waals surface area contributed by atoms with Gasteiger partial charge in [0.15, 0.2) is 0 Å². The summed E-state index contributed by atoms with van der Waals surface area (Å²) in [4.78, 5) is 6.69. The lowest BCUT2D eigenvalue weighted by molar-refractivity contribution is 0.0674. The van der Waals surface area contributed by atoms with E-state index in [0.717, 1.165) is 30.9 Å². The summed E-state index contributed by atoms with van der Waals surface area (Å²) in [7, 11) is 0. The molecule has 1 aromatic carbocycles. The zero-order valence-electron chi connectivity index (χ0n) is 17.4. The first-order chi connectivity index (χ1) is 14.5. The van der Waals surface area contributed by atoms with E-state index in [1.807, 2.05) is 31.2 Å². The van der Waals surface area contributed by atoms with Crippen molar-refractivity contribution in [3.63, 3.8) is 0 Å². The van der Waals surface area contributed by atoms with Gasteiger partial charge >= 0.3 is 0 Å². The maximum absolute atomic E-state index is 9.17. The number of hydrogen-bond donors (Lipinski definition) is 3. The highest BCUT2D eigenvalue weighted by molar-refractivity contribution is 6.53. The highest BCUT2D eigenvalue weighted by atomic mass is 16.5. The number of rotatable bonds is 6. The van der Waals surface area contributed by atoms with Crippen LogP contribution in [0.2, 0.25) is 0 Å². The molecule has 0 aromatic heterocycles. The molecular weight excluding hydrogens is 376 g/mol. The van der Waals surface area contributed by atoms with Crippen LogP contribution in [0.5, 0.6) is 0 Å². The van der Waals surface area contributed by atoms with Gasteiger partial charge in [-0.3, -0.25) is 10.4 Å². The summed E-state index contributed by atoms with van der Waals surface area (Å²) in [5.74, 6) is 0.857. The third-order valence-corrected chi connectivity index (χ3v) is 5.46. The Bertz CT molecular complexity index is 933. The summed E-state index contributed by atoms with van der Waals surface area (Å²) in [5.41, 5.74) is 2.82. The first-order valence-electron chi connectivity index (χ1n) is 10.4. The molecule has 1 heterocycles. The van der Waals surface area contributed by atoms with Crippen LogP contribution in [0.3, 0.4) is 0 Å². The van der Waals surface area contributed by atoms with Crippen LogP contribution in [0.25, 0.3) is 0 Å². The maximum Gasteiger partial charge on any atom is 0.105 e. The highest BCUT2D eigenvalue weighted by Gasteiger charge is 2.25. The van der Waals surface area contributed by atoms with Gasteiger partial charge < -0.3 is 20.5 Å². The Balaban J connectivity index is 1.78. The van der Waals surface area contributed by atoms with Crippen molar-refractivity contribution in [1.29, 1.82) is 21.5 Å². The van der Waals surface area contributed by atoms with Gasteiger partial charge in [-0.15, -0.1) is 0 Å². The normalized spacial score (nSPS) is 19.8. The maximum atomic E-state index is 9.17. The van der Waals surface area contributed by atoms with Crippen molar-refractivity contribution in [3.8, 4) is 6.07 Å². The number of aliphatic imine (C=N–C) groups is 1. The Morgan fingerprint density at radius 1 is 1.30 bits per heavy atom. The first-order valence-corrected chi connectivity index (χ1v) is 10.4. The topological polar surface area (TPSA) is 120 Å². The molecule has 1 unspecified atom stereocenters. The molecule has 0 saturated carbocycles. The van der Waals surface area contributed by atoms with Crippen molar-refractivity contribution in [3.05, 3.63) is 47.0 Å². The number of nitrogens with zero attached hydrogens (tertiary/aromatic N) is 3. The van der Waals surface area contributed by atoms with Gasteiger partial charge in [-0.25, -0.2) is 0 Å². The van der Waals surface area contributed by atoms with E-state index < -0.39 is 0 Å². The van der Waals surface area contributed by atoms with E-state index in [9.17, 15) is 0 Å². The molecule has 0 radical (unpaired) electrons. The van der Waals surface area contributed by atoms with E-state index in [1.165, 1.54) is 0 Å². The molecular formula is C23H28N6O. The van der Waals surface area contributed by atoms with Crippen LogP contribution < -0.4 is 0 Å². The molecule has 0 amide bonds. The van der Waals surface area contributed by atoms with E-state index in [1.54, 1.807) is 6.07 Å². The Hall–Kier alpha value is -3.11. The second-order valence-electron chi connectivity index (χ2n) is 7.46. The number of nitriles is 1. The van der Waals surface area contributed by atoms with Crippen LogP contribution in [0.1, 0.15) is 43.2 Å². The summed E-state index contributed by atoms with van der Waals surface area (Å²) in [6.07, 6.45) is 3.53. The van der Waals surface area contributed by atoms with Gasteiger partial charge in [-0.2, -0.15) is 5.26 Å². The van der Waals surface area contributed by atoms with Crippen LogP contribution in [-0.4, -0.2) is 60.7 Å². The lowest BCUT2D eigenvalue weighted by atomic mass is 9.81. The van der Waals surface area contributed by atoms with Gasteiger partial charge in [0.1, 0.15) is 5.84 Å². The highest BCUT2D eigenvalue weighted by Crippen LogP contribution is 2.30. The lowest BCUT2D eigenvalue weighted by Gasteiger charge is -2.30. The smallest absolute Gasteiger partial charge is 0.105 e. The Labute approximate surface area is 177 Å². The number of ether oxygens (including phenoxy) is 1. The van der Waals surface area contributed by atoms with Crippen LogP contribution in [-0.2, 0) is 4.74 Å². The predicted octanol–water partition coefficient (Wildman–Crippen LogP) is 3.56. The van der Waals surface area contributed by atoms with Gasteiger partial charge in [-0.1, -0.05) is 18.2 Å². The van der Waals surface area contributed by atoms with E-state index in [4.69, 9.17) is 26.2 Å². The fraction of sp³-hybridized carbons (Fsp3) is 0.435. The molecule has 1 aliphatic heterocycles. The Morgan fingerprint density at radius 3 is 2.77 bits per heavy atom. The number of benzene rings is 1. The Kier molecular flexibility index (Phi) is 7.26. The first kappa shape index (κ1) is 21.6. The summed E-state index contributed by atoms with van der Waals surface area (Å²) in [6.45, 7) is 5.38. The van der Waals surface area contributed by atoms with E-state index in [0.29, 0.717) is 43.0 Å². The summed E-state index contributed by atoms with van der Waals surface area (Å²) in [6, 6.07) is 9.65. The molecule has 1 fully saturated rings. The minimum absolute atomic E-state index is 0.0403. The van der Waals surface area contributed by atoms with Gasteiger partial charge in [0, 0.05) is 43.3 Å². The number of amidine groups is 1. The van der Waals surface area contributed by atoms with Gasteiger partial charge in [0.05, 0.1) is 36.3 Å². The molecule has 30 heavy (non-hydrogen) atoms. The molecule has 3 N–H and O–H groups in total. The molecule has 3 rings (SSSR count). The monoisotopic (exact) mass is 404 g/mol. The zero-order chi connectivity index (χ0) is 21.5. The standard InChI is InChI=1S/C23H28N6O/c1-2-28-22(29-8-10-30-11-9-29)14-21(26)23(27)19-13-18(6-7-20(19)25)17-5-3-4-16(12-17)15-24/h3-5,12-13,18,25-27H,2,6-11,14H2,1H3. The molecule has 0 bridgehead atoms. The molecule has 1 atom stereocenters. The molecule has 2 aliphatic rings. The minimum atomic E-state index is 0.0403. The fourth-order valence-corrected chi connectivity index (χ4v) is 3.84. The number of nitrogens with one attached hydrogen (secondary N) is 3. The van der Waals surface area contributed by atoms with Gasteiger partial charge in [0.2, 0.25) is 0 Å². The number of morpholine rings is 1. The van der Waals surface area contributed by atoms with Crippen LogP contribution in [0.15, 0.2) is 40.9 Å². The molecule has 0 spiro atoms. The van der Waals surface area contributed by atoms with Crippen molar-refractivity contribution in [2.75, 3.05) is 32.8 Å². The second kappa shape index (κ2) is 10.1. The molecule has 1 aromatic rings. The predicted molar refractivity (Wildman–Crippen MR) is 119 cm³/mol. The summed E-state index contributed by atoms with van der Waals surface area (Å²) in [5, 5.41) is 34.7. The zero-order valence-corrected chi connectivity index (χ0v) is 17.4. The molecule has 1 aliphatic carbocycles. The van der Waals surface area contributed by atoms with Crippen LogP contribution in [0, 0.1) is 27.6 Å². The average molecular weight is 405 g/mol. The quantitative estimate of drug-likeness (QED) is 0.496. The molecule has 7 nitrogen and oxygen atoms in total. The third kappa shape index (κ3) is 5.08. The second-order valence-corrected chi connectivity index (χ2v) is 7.46. The number of allylic oxidation sites excluding steroid dienone is 2. The van der Waals surface area contributed by atoms with E-state index in [2.05, 4.69) is 16.0 Å². The van der Waals surface area contributed by atoms with E-state index in [-0.39, 0.29) is 23.8 Å². The summed E-state index contributed by atoms with van der Waals surface area (Å²) >= 11 is 0. The van der Waals surface area contributed by atoms with Crippen molar-refractivity contribution in [2.24, 2.45) is 4.99 Å². The van der Waals surface area contributed by atoms with Gasteiger partial charge in [-0.05, 0) is 37.5 Å². The van der Waals surface area contributed by atoms with Crippen molar-refractivity contribution in [2.45, 2.75) is 32.1 Å². The average Bonchev–Trinajstić information content (AvgIpc) is 2.79. The van der Waals surface area contributed by atoms with Crippen LogP contribution in [0.4, 0.5) is 0 Å². The van der Waals surface area contributed by atoms with Crippen LogP contribution >= 0.6 is 0 Å².